The van der Waals surface area contributed by atoms with Crippen LogP contribution in [0.3, 0.4) is 0 Å². The Morgan fingerprint density at radius 2 is 1.64 bits per heavy atom. The number of fused-ring (bicyclic) bond motifs is 1. The average Bonchev–Trinajstić information content (AvgIpc) is 2.54. The minimum Gasteiger partial charge on any atom is -0.488 e. The summed E-state index contributed by atoms with van der Waals surface area (Å²) in [6, 6.07) is 19.0. The molecule has 0 fully saturated rings. The van der Waals surface area contributed by atoms with Crippen LogP contribution in [0.2, 0.25) is 0 Å². The molecule has 0 amide bonds. The maximum absolute atomic E-state index is 11.6. The van der Waals surface area contributed by atoms with E-state index in [1.807, 2.05) is 54.6 Å². The molecular formula is C19H23NO2. The van der Waals surface area contributed by atoms with E-state index in [-0.39, 0.29) is 6.99 Å². The number of hydrogen-bond acceptors (Lipinski definition) is 2. The molecule has 0 aliphatic rings. The molecule has 3 nitrogen and oxygen atoms in total. The number of nitrogens with one attached hydrogen (secondary N) is 1. The van der Waals surface area contributed by atoms with Crippen molar-refractivity contribution >= 4 is 10.9 Å². The van der Waals surface area contributed by atoms with Gasteiger partial charge in [-0.3, -0.25) is 4.79 Å². The first kappa shape index (κ1) is 15.8. The number of hydrogen-bond donors (Lipinski definition) is 1. The fourth-order valence-electron chi connectivity index (χ4n) is 2.03. The summed E-state index contributed by atoms with van der Waals surface area (Å²) in [6.07, 6.45) is 1.25. The lowest BCUT2D eigenvalue weighted by molar-refractivity contribution is 0.309. The van der Waals surface area contributed by atoms with E-state index >= 15 is 0 Å². The van der Waals surface area contributed by atoms with Gasteiger partial charge in [0.15, 0.2) is 0 Å². The van der Waals surface area contributed by atoms with E-state index in [9.17, 15) is 4.79 Å². The average molecular weight is 297 g/mol. The Hall–Kier alpha value is -2.55. The predicted octanol–water partition coefficient (Wildman–Crippen LogP) is 4.77. The second-order valence-electron chi connectivity index (χ2n) is 5.02. The van der Waals surface area contributed by atoms with Gasteiger partial charge in [0.05, 0.1) is 5.52 Å². The Bertz CT molecular complexity index is 769. The molecular weight excluding hydrogens is 274 g/mol. The topological polar surface area (TPSA) is 42.1 Å². The highest BCUT2D eigenvalue weighted by Crippen LogP contribution is 2.22. The minimum absolute atomic E-state index is 0. The molecule has 0 spiro atoms. The fraction of sp³-hybridized carbons (Fsp3) is 0.211. The molecule has 2 aromatic carbocycles. The Balaban J connectivity index is 0.000000615. The van der Waals surface area contributed by atoms with Gasteiger partial charge in [0.1, 0.15) is 12.4 Å². The highest BCUT2D eigenvalue weighted by atomic mass is 16.5. The van der Waals surface area contributed by atoms with Gasteiger partial charge >= 0.3 is 0 Å². The van der Waals surface area contributed by atoms with Crippen LogP contribution < -0.4 is 10.3 Å². The zero-order chi connectivity index (χ0) is 15.8. The highest BCUT2D eigenvalue weighted by molar-refractivity contribution is 5.84. The molecule has 1 N–H and O–H groups in total. The van der Waals surface area contributed by atoms with Crippen LogP contribution in [0, 0.1) is 0 Å². The van der Waals surface area contributed by atoms with E-state index in [0.29, 0.717) is 12.4 Å². The van der Waals surface area contributed by atoms with Crippen molar-refractivity contribution in [1.82, 2.24) is 4.98 Å². The van der Waals surface area contributed by atoms with Gasteiger partial charge in [-0.25, -0.2) is 0 Å². The number of aromatic amines is 1. The molecule has 3 aromatic rings. The van der Waals surface area contributed by atoms with Crippen molar-refractivity contribution < 1.29 is 6.16 Å². The number of H-pyrrole nitrogens is 1. The van der Waals surface area contributed by atoms with Crippen molar-refractivity contribution in [1.29, 1.82) is 0 Å². The van der Waals surface area contributed by atoms with Crippen molar-refractivity contribution in [2.75, 3.05) is 0 Å². The summed E-state index contributed by atoms with van der Waals surface area (Å²) in [4.78, 5) is 14.4. The van der Waals surface area contributed by atoms with E-state index in [0.717, 1.165) is 16.5 Å². The molecule has 1 aromatic heterocycles. The predicted molar refractivity (Wildman–Crippen MR) is 93.4 cm³/mol. The van der Waals surface area contributed by atoms with Gasteiger partial charge in [-0.15, -0.1) is 0 Å². The van der Waals surface area contributed by atoms with Crippen LogP contribution in [-0.4, -0.2) is 4.98 Å². The Morgan fingerprint density at radius 3 is 2.36 bits per heavy atom. The second kappa shape index (κ2) is 8.03. The molecule has 3 heteroatoms. The smallest absolute Gasteiger partial charge is 0.252 e. The summed E-state index contributed by atoms with van der Waals surface area (Å²) >= 11 is 0. The maximum atomic E-state index is 11.6. The van der Waals surface area contributed by atoms with Crippen LogP contribution in [0.15, 0.2) is 65.5 Å². The summed E-state index contributed by atoms with van der Waals surface area (Å²) in [5.41, 5.74) is 1.71. The number of ether oxygens (including phenoxy) is 1. The lowest BCUT2D eigenvalue weighted by Gasteiger charge is -2.08. The van der Waals surface area contributed by atoms with E-state index in [1.165, 1.54) is 12.5 Å². The van der Waals surface area contributed by atoms with Crippen LogP contribution in [0.25, 0.3) is 10.9 Å². The molecule has 1 heterocycles. The minimum atomic E-state index is -0.151. The number of aromatic nitrogens is 1. The normalized spacial score (nSPS) is 9.91. The molecule has 3 rings (SSSR count). The molecule has 0 unspecified atom stereocenters. The van der Waals surface area contributed by atoms with Crippen LogP contribution in [0.1, 0.15) is 27.3 Å². The van der Waals surface area contributed by atoms with E-state index < -0.39 is 0 Å². The Morgan fingerprint density at radius 1 is 1.00 bits per heavy atom. The van der Waals surface area contributed by atoms with Crippen LogP contribution >= 0.6 is 0 Å². The van der Waals surface area contributed by atoms with Gasteiger partial charge < -0.3 is 9.72 Å². The zero-order valence-corrected chi connectivity index (χ0v) is 13.0. The van der Waals surface area contributed by atoms with Crippen LogP contribution in [0.5, 0.6) is 5.75 Å². The Kier molecular flexibility index (Phi) is 5.78. The Labute approximate surface area is 132 Å². The first-order valence-corrected chi connectivity index (χ1v) is 7.53. The lowest BCUT2D eigenvalue weighted by atomic mass is 10.2. The standard InChI is InChI=1S/C16H13NO2.C3H8.H2/c18-16-10-15(13-8-4-5-9-14(13)17-16)19-11-12-6-2-1-3-7-12;1-3-2;/h1-10H,11H2,(H,17,18);3H2,1-2H3;1H. The summed E-state index contributed by atoms with van der Waals surface area (Å²) in [6.45, 7) is 4.70. The van der Waals surface area contributed by atoms with Gasteiger partial charge in [0.2, 0.25) is 0 Å². The third-order valence-corrected chi connectivity index (χ3v) is 2.95. The summed E-state index contributed by atoms with van der Waals surface area (Å²) in [7, 11) is 0. The molecule has 0 saturated heterocycles. The largest absolute Gasteiger partial charge is 0.488 e. The summed E-state index contributed by atoms with van der Waals surface area (Å²) in [5, 5.41) is 0.915. The first-order valence-electron chi connectivity index (χ1n) is 7.53. The molecule has 0 bridgehead atoms. The second-order valence-corrected chi connectivity index (χ2v) is 5.02. The van der Waals surface area contributed by atoms with Crippen molar-refractivity contribution in [2.24, 2.45) is 0 Å². The quantitative estimate of drug-likeness (QED) is 0.756. The number of pyridine rings is 1. The summed E-state index contributed by atoms with van der Waals surface area (Å²) < 4.78 is 5.77. The van der Waals surface area contributed by atoms with Gasteiger partial charge in [0, 0.05) is 12.9 Å². The van der Waals surface area contributed by atoms with Crippen LogP contribution in [-0.2, 0) is 6.61 Å². The van der Waals surface area contributed by atoms with Gasteiger partial charge in [-0.2, -0.15) is 0 Å². The first-order chi connectivity index (χ1) is 10.7. The van der Waals surface area contributed by atoms with E-state index in [4.69, 9.17) is 4.74 Å². The molecule has 116 valence electrons. The SMILES string of the molecule is CCC.O=c1cc(OCc2ccccc2)c2ccccc2[nH]1.[HH]. The van der Waals surface area contributed by atoms with Gasteiger partial charge in [-0.1, -0.05) is 62.7 Å². The third-order valence-electron chi connectivity index (χ3n) is 2.95. The maximum Gasteiger partial charge on any atom is 0.252 e. The molecule has 0 atom stereocenters. The van der Waals surface area contributed by atoms with Crippen molar-refractivity contribution in [3.8, 4) is 5.75 Å². The molecule has 22 heavy (non-hydrogen) atoms. The molecule has 0 radical (unpaired) electrons. The third kappa shape index (κ3) is 4.22. The highest BCUT2D eigenvalue weighted by Gasteiger charge is 2.04. The molecule has 0 saturated carbocycles. The van der Waals surface area contributed by atoms with E-state index in [1.54, 1.807) is 0 Å². The summed E-state index contributed by atoms with van der Waals surface area (Å²) in [5.74, 6) is 0.614. The number of benzene rings is 2. The van der Waals surface area contributed by atoms with Crippen LogP contribution in [0.4, 0.5) is 0 Å². The fourth-order valence-corrected chi connectivity index (χ4v) is 2.03. The molecule has 0 aliphatic heterocycles. The van der Waals surface area contributed by atoms with Gasteiger partial charge in [-0.05, 0) is 17.7 Å². The molecule has 0 aliphatic carbocycles. The monoisotopic (exact) mass is 297 g/mol. The number of para-hydroxylation sites is 1. The lowest BCUT2D eigenvalue weighted by Crippen LogP contribution is -2.06. The van der Waals surface area contributed by atoms with E-state index in [2.05, 4.69) is 18.8 Å². The van der Waals surface area contributed by atoms with Gasteiger partial charge in [0.25, 0.3) is 5.56 Å². The number of rotatable bonds is 3. The zero-order valence-electron chi connectivity index (χ0n) is 13.0. The van der Waals surface area contributed by atoms with Crippen molar-refractivity contribution in [2.45, 2.75) is 26.9 Å². The van der Waals surface area contributed by atoms with Crippen molar-refractivity contribution in [3.63, 3.8) is 0 Å². The van der Waals surface area contributed by atoms with Crippen molar-refractivity contribution in [3.05, 3.63) is 76.6 Å².